The molecule has 1 aliphatic heterocycles. The molecule has 1 aromatic carbocycles. The van der Waals surface area contributed by atoms with E-state index in [0.717, 1.165) is 25.6 Å². The number of nitrogens with one attached hydrogen (secondary N) is 1. The number of aromatic hydroxyl groups is 1. The molecule has 1 saturated heterocycles. The summed E-state index contributed by atoms with van der Waals surface area (Å²) >= 11 is 0. The van der Waals surface area contributed by atoms with Gasteiger partial charge in [-0.05, 0) is 38.1 Å². The van der Waals surface area contributed by atoms with Crippen LogP contribution >= 0.6 is 0 Å². The summed E-state index contributed by atoms with van der Waals surface area (Å²) in [7, 11) is 2.04. The maximum absolute atomic E-state index is 13.4. The Labute approximate surface area is 105 Å². The first kappa shape index (κ1) is 12.8. The normalized spacial score (nSPS) is 20.0. The molecule has 0 radical (unpaired) electrons. The van der Waals surface area contributed by atoms with Gasteiger partial charge in [-0.3, -0.25) is 4.79 Å². The Morgan fingerprint density at radius 2 is 2.39 bits per heavy atom. The second kappa shape index (κ2) is 5.35. The number of halogens is 1. The van der Waals surface area contributed by atoms with Crippen LogP contribution in [0.25, 0.3) is 0 Å². The fourth-order valence-electron chi connectivity index (χ4n) is 2.21. The van der Waals surface area contributed by atoms with Crippen LogP contribution < -0.4 is 5.32 Å². The van der Waals surface area contributed by atoms with Crippen molar-refractivity contribution in [3.05, 3.63) is 29.6 Å². The summed E-state index contributed by atoms with van der Waals surface area (Å²) < 4.78 is 13.4. The Morgan fingerprint density at radius 1 is 1.61 bits per heavy atom. The number of rotatable bonds is 3. The average molecular weight is 252 g/mol. The Bertz CT molecular complexity index is 451. The highest BCUT2D eigenvalue weighted by molar-refractivity contribution is 5.94. The molecule has 0 aliphatic carbocycles. The predicted molar refractivity (Wildman–Crippen MR) is 66.0 cm³/mol. The minimum atomic E-state index is -0.698. The summed E-state index contributed by atoms with van der Waals surface area (Å²) in [6.45, 7) is 2.55. The molecule has 0 bridgehead atoms. The van der Waals surface area contributed by atoms with Crippen molar-refractivity contribution in [1.82, 2.24) is 10.2 Å². The fraction of sp³-hybridized carbons (Fsp3) is 0.462. The lowest BCUT2D eigenvalue weighted by Gasteiger charge is -2.12. The van der Waals surface area contributed by atoms with E-state index in [4.69, 9.17) is 5.11 Å². The van der Waals surface area contributed by atoms with Crippen LogP contribution in [0, 0.1) is 11.7 Å². The van der Waals surface area contributed by atoms with Crippen molar-refractivity contribution in [3.63, 3.8) is 0 Å². The summed E-state index contributed by atoms with van der Waals surface area (Å²) in [5.41, 5.74) is -0.0286. The van der Waals surface area contributed by atoms with Gasteiger partial charge in [-0.2, -0.15) is 0 Å². The Balaban J connectivity index is 1.91. The molecule has 1 unspecified atom stereocenters. The SMILES string of the molecule is CN1CCC(CNC(=O)c2ccc(O)cc2F)C1. The first-order valence-electron chi connectivity index (χ1n) is 6.01. The molecule has 18 heavy (non-hydrogen) atoms. The molecule has 1 atom stereocenters. The molecule has 1 aromatic rings. The van der Waals surface area contributed by atoms with E-state index in [1.165, 1.54) is 12.1 Å². The first-order chi connectivity index (χ1) is 8.56. The predicted octanol–water partition coefficient (Wildman–Crippen LogP) is 1.21. The third kappa shape index (κ3) is 2.98. The molecule has 1 aliphatic rings. The van der Waals surface area contributed by atoms with Crippen molar-refractivity contribution in [2.24, 2.45) is 5.92 Å². The number of amides is 1. The smallest absolute Gasteiger partial charge is 0.254 e. The van der Waals surface area contributed by atoms with Crippen LogP contribution in [0.15, 0.2) is 18.2 Å². The summed E-state index contributed by atoms with van der Waals surface area (Å²) in [4.78, 5) is 14.0. The zero-order chi connectivity index (χ0) is 13.1. The number of carbonyl (C=O) groups is 1. The quantitative estimate of drug-likeness (QED) is 0.850. The largest absolute Gasteiger partial charge is 0.508 e. The first-order valence-corrected chi connectivity index (χ1v) is 6.01. The Kier molecular flexibility index (Phi) is 3.81. The topological polar surface area (TPSA) is 52.6 Å². The van der Waals surface area contributed by atoms with Gasteiger partial charge in [0.1, 0.15) is 11.6 Å². The molecule has 2 rings (SSSR count). The lowest BCUT2D eigenvalue weighted by molar-refractivity contribution is 0.0943. The van der Waals surface area contributed by atoms with Gasteiger partial charge in [-0.25, -0.2) is 4.39 Å². The zero-order valence-electron chi connectivity index (χ0n) is 10.3. The minimum absolute atomic E-state index is 0.0286. The summed E-state index contributed by atoms with van der Waals surface area (Å²) in [6, 6.07) is 3.54. The number of benzene rings is 1. The monoisotopic (exact) mass is 252 g/mol. The van der Waals surface area contributed by atoms with E-state index in [9.17, 15) is 9.18 Å². The number of hydrogen-bond acceptors (Lipinski definition) is 3. The van der Waals surface area contributed by atoms with Crippen molar-refractivity contribution < 1.29 is 14.3 Å². The van der Waals surface area contributed by atoms with Gasteiger partial charge in [-0.15, -0.1) is 0 Å². The Morgan fingerprint density at radius 3 is 3.00 bits per heavy atom. The molecule has 1 fully saturated rings. The summed E-state index contributed by atoms with van der Waals surface area (Å²) in [5.74, 6) is -0.876. The number of hydrogen-bond donors (Lipinski definition) is 2. The van der Waals surface area contributed by atoms with Crippen LogP contribution in [0.4, 0.5) is 4.39 Å². The number of phenols is 1. The molecular formula is C13H17FN2O2. The van der Waals surface area contributed by atoms with E-state index in [1.807, 2.05) is 7.05 Å². The van der Waals surface area contributed by atoms with Gasteiger partial charge in [0.2, 0.25) is 0 Å². The van der Waals surface area contributed by atoms with Crippen LogP contribution in [0.1, 0.15) is 16.8 Å². The molecule has 4 nitrogen and oxygen atoms in total. The molecule has 98 valence electrons. The third-order valence-electron chi connectivity index (χ3n) is 3.24. The maximum Gasteiger partial charge on any atom is 0.254 e. The molecule has 0 aromatic heterocycles. The van der Waals surface area contributed by atoms with Crippen molar-refractivity contribution in [2.75, 3.05) is 26.7 Å². The van der Waals surface area contributed by atoms with E-state index in [1.54, 1.807) is 0 Å². The second-order valence-electron chi connectivity index (χ2n) is 4.79. The highest BCUT2D eigenvalue weighted by atomic mass is 19.1. The number of likely N-dealkylation sites (tertiary alicyclic amines) is 1. The lowest BCUT2D eigenvalue weighted by atomic mass is 10.1. The third-order valence-corrected chi connectivity index (χ3v) is 3.24. The van der Waals surface area contributed by atoms with Crippen molar-refractivity contribution in [2.45, 2.75) is 6.42 Å². The standard InChI is InChI=1S/C13H17FN2O2/c1-16-5-4-9(8-16)7-15-13(18)11-3-2-10(17)6-12(11)14/h2-3,6,9,17H,4-5,7-8H2,1H3,(H,15,18). The molecule has 1 amide bonds. The van der Waals surface area contributed by atoms with Gasteiger partial charge < -0.3 is 15.3 Å². The van der Waals surface area contributed by atoms with Crippen molar-refractivity contribution in [1.29, 1.82) is 0 Å². The van der Waals surface area contributed by atoms with Gasteiger partial charge in [0.05, 0.1) is 5.56 Å². The van der Waals surface area contributed by atoms with Crippen LogP contribution in [-0.2, 0) is 0 Å². The number of carbonyl (C=O) groups excluding carboxylic acids is 1. The summed E-state index contributed by atoms with van der Waals surface area (Å²) in [6.07, 6.45) is 1.05. The van der Waals surface area contributed by atoms with Gasteiger partial charge in [-0.1, -0.05) is 0 Å². The molecular weight excluding hydrogens is 235 g/mol. The van der Waals surface area contributed by atoms with E-state index in [-0.39, 0.29) is 11.3 Å². The minimum Gasteiger partial charge on any atom is -0.508 e. The van der Waals surface area contributed by atoms with E-state index in [0.29, 0.717) is 12.5 Å². The zero-order valence-corrected chi connectivity index (χ0v) is 10.3. The molecule has 0 spiro atoms. The van der Waals surface area contributed by atoms with E-state index < -0.39 is 11.7 Å². The molecule has 5 heteroatoms. The van der Waals surface area contributed by atoms with Crippen LogP contribution in [0.2, 0.25) is 0 Å². The lowest BCUT2D eigenvalue weighted by Crippen LogP contribution is -2.31. The van der Waals surface area contributed by atoms with Crippen LogP contribution in [-0.4, -0.2) is 42.6 Å². The Hall–Kier alpha value is -1.62. The van der Waals surface area contributed by atoms with Crippen molar-refractivity contribution in [3.8, 4) is 5.75 Å². The molecule has 0 saturated carbocycles. The highest BCUT2D eigenvalue weighted by Crippen LogP contribution is 2.16. The van der Waals surface area contributed by atoms with Crippen LogP contribution in [0.5, 0.6) is 5.75 Å². The average Bonchev–Trinajstić information content (AvgIpc) is 2.72. The molecule has 1 heterocycles. The van der Waals surface area contributed by atoms with Gasteiger partial charge >= 0.3 is 0 Å². The highest BCUT2D eigenvalue weighted by Gasteiger charge is 2.20. The molecule has 2 N–H and O–H groups in total. The van der Waals surface area contributed by atoms with Crippen molar-refractivity contribution >= 4 is 5.91 Å². The number of phenolic OH excluding ortho intramolecular Hbond substituents is 1. The number of nitrogens with zero attached hydrogens (tertiary/aromatic N) is 1. The fourth-order valence-corrected chi connectivity index (χ4v) is 2.21. The van der Waals surface area contributed by atoms with E-state index in [2.05, 4.69) is 10.2 Å². The second-order valence-corrected chi connectivity index (χ2v) is 4.79. The van der Waals surface area contributed by atoms with Gasteiger partial charge in [0.15, 0.2) is 0 Å². The van der Waals surface area contributed by atoms with Gasteiger partial charge in [0, 0.05) is 19.2 Å². The maximum atomic E-state index is 13.4. The van der Waals surface area contributed by atoms with E-state index >= 15 is 0 Å². The van der Waals surface area contributed by atoms with Gasteiger partial charge in [0.25, 0.3) is 5.91 Å². The van der Waals surface area contributed by atoms with Crippen LogP contribution in [0.3, 0.4) is 0 Å². The summed E-state index contributed by atoms with van der Waals surface area (Å²) in [5, 5.41) is 11.8.